The third-order valence-corrected chi connectivity index (χ3v) is 4.39. The summed E-state index contributed by atoms with van der Waals surface area (Å²) in [4.78, 5) is 13.2. The molecule has 104 valence electrons. The van der Waals surface area contributed by atoms with Crippen LogP contribution in [0, 0.1) is 0 Å². The second kappa shape index (κ2) is 6.75. The van der Waals surface area contributed by atoms with Crippen molar-refractivity contribution in [3.63, 3.8) is 0 Å². The number of likely N-dealkylation sites (tertiary alicyclic amines) is 1. The monoisotopic (exact) mass is 276 g/mol. The number of carbonyl (C=O) groups is 1. The first kappa shape index (κ1) is 15.0. The smallest absolute Gasteiger partial charge is 0.317 e. The molecule has 1 aliphatic heterocycles. The second-order valence-corrected chi connectivity index (χ2v) is 6.61. The van der Waals surface area contributed by atoms with E-state index in [1.807, 2.05) is 0 Å². The first-order chi connectivity index (χ1) is 8.45. The quantitative estimate of drug-likeness (QED) is 0.548. The van der Waals surface area contributed by atoms with Crippen molar-refractivity contribution in [1.29, 1.82) is 0 Å². The van der Waals surface area contributed by atoms with E-state index < -0.39 is 15.1 Å². The Morgan fingerprint density at radius 3 is 2.89 bits per heavy atom. The molecule has 0 saturated carbocycles. The summed E-state index contributed by atoms with van der Waals surface area (Å²) >= 11 is 0. The maximum Gasteiger partial charge on any atom is 0.317 e. The van der Waals surface area contributed by atoms with E-state index in [9.17, 15) is 13.2 Å². The van der Waals surface area contributed by atoms with Gasteiger partial charge in [0.05, 0.1) is 18.5 Å². The lowest BCUT2D eigenvalue weighted by Crippen LogP contribution is -2.40. The SMILES string of the molecule is C=CCOCCNC(=O)N1CC[C@@H](S(C)(=O)=O)C1. The zero-order chi connectivity index (χ0) is 13.6. The first-order valence-electron chi connectivity index (χ1n) is 5.85. The fraction of sp³-hybridized carbons (Fsp3) is 0.727. The molecule has 0 bridgehead atoms. The van der Waals surface area contributed by atoms with E-state index in [-0.39, 0.29) is 12.6 Å². The van der Waals surface area contributed by atoms with Gasteiger partial charge < -0.3 is 15.0 Å². The number of amides is 2. The molecule has 6 nitrogen and oxygen atoms in total. The second-order valence-electron chi connectivity index (χ2n) is 4.28. The number of carbonyl (C=O) groups excluding carboxylic acids is 1. The standard InChI is InChI=1S/C11H20N2O4S/c1-3-7-17-8-5-12-11(14)13-6-4-10(9-13)18(2,15)16/h3,10H,1,4-9H2,2H3,(H,12,14)/t10-/m1/s1. The molecule has 1 atom stereocenters. The average Bonchev–Trinajstić information content (AvgIpc) is 2.77. The van der Waals surface area contributed by atoms with Crippen molar-refractivity contribution >= 4 is 15.9 Å². The molecule has 1 aliphatic rings. The van der Waals surface area contributed by atoms with Crippen LogP contribution >= 0.6 is 0 Å². The van der Waals surface area contributed by atoms with Crippen LogP contribution in [0.5, 0.6) is 0 Å². The van der Waals surface area contributed by atoms with Crippen molar-refractivity contribution < 1.29 is 17.9 Å². The van der Waals surface area contributed by atoms with Crippen molar-refractivity contribution in [3.05, 3.63) is 12.7 Å². The third-order valence-electron chi connectivity index (χ3n) is 2.80. The summed E-state index contributed by atoms with van der Waals surface area (Å²) in [5.74, 6) is 0. The summed E-state index contributed by atoms with van der Waals surface area (Å²) in [6.45, 7) is 5.55. The number of ether oxygens (including phenoxy) is 1. The molecule has 1 fully saturated rings. The minimum Gasteiger partial charge on any atom is -0.376 e. The fourth-order valence-electron chi connectivity index (χ4n) is 1.77. The Hall–Kier alpha value is -1.08. The zero-order valence-corrected chi connectivity index (χ0v) is 11.4. The Labute approximate surface area is 108 Å². The van der Waals surface area contributed by atoms with Gasteiger partial charge in [-0.15, -0.1) is 6.58 Å². The summed E-state index contributed by atoms with van der Waals surface area (Å²) in [6.07, 6.45) is 3.36. The number of rotatable bonds is 6. The van der Waals surface area contributed by atoms with Crippen molar-refractivity contribution in [3.8, 4) is 0 Å². The molecule has 0 aromatic rings. The highest BCUT2D eigenvalue weighted by Gasteiger charge is 2.32. The minimum atomic E-state index is -3.06. The maximum atomic E-state index is 11.7. The van der Waals surface area contributed by atoms with Crippen LogP contribution in [0.2, 0.25) is 0 Å². The topological polar surface area (TPSA) is 75.7 Å². The van der Waals surface area contributed by atoms with Gasteiger partial charge in [0, 0.05) is 25.9 Å². The molecule has 0 aliphatic carbocycles. The van der Waals surface area contributed by atoms with Gasteiger partial charge in [0.2, 0.25) is 0 Å². The third kappa shape index (κ3) is 4.66. The van der Waals surface area contributed by atoms with E-state index >= 15 is 0 Å². The molecule has 0 aromatic carbocycles. The summed E-state index contributed by atoms with van der Waals surface area (Å²) in [6, 6.07) is -0.233. The molecule has 0 unspecified atom stereocenters. The van der Waals surface area contributed by atoms with Gasteiger partial charge in [-0.2, -0.15) is 0 Å². The number of nitrogens with zero attached hydrogens (tertiary/aromatic N) is 1. The van der Waals surface area contributed by atoms with Crippen LogP contribution in [-0.2, 0) is 14.6 Å². The number of hydrogen-bond donors (Lipinski definition) is 1. The molecule has 0 radical (unpaired) electrons. The summed E-state index contributed by atoms with van der Waals surface area (Å²) < 4.78 is 27.8. The molecule has 0 aromatic heterocycles. The number of nitrogens with one attached hydrogen (secondary N) is 1. The Morgan fingerprint density at radius 2 is 2.33 bits per heavy atom. The molecule has 18 heavy (non-hydrogen) atoms. The molecular formula is C11H20N2O4S. The van der Waals surface area contributed by atoms with Crippen molar-refractivity contribution in [1.82, 2.24) is 10.2 Å². The van der Waals surface area contributed by atoms with Gasteiger partial charge in [-0.05, 0) is 6.42 Å². The van der Waals surface area contributed by atoms with Crippen LogP contribution in [0.25, 0.3) is 0 Å². The van der Waals surface area contributed by atoms with Crippen molar-refractivity contribution in [2.24, 2.45) is 0 Å². The van der Waals surface area contributed by atoms with E-state index in [2.05, 4.69) is 11.9 Å². The van der Waals surface area contributed by atoms with Gasteiger partial charge in [-0.3, -0.25) is 0 Å². The molecule has 7 heteroatoms. The highest BCUT2D eigenvalue weighted by atomic mass is 32.2. The van der Waals surface area contributed by atoms with Gasteiger partial charge >= 0.3 is 6.03 Å². The molecule has 0 spiro atoms. The van der Waals surface area contributed by atoms with Gasteiger partial charge in [0.15, 0.2) is 9.84 Å². The molecule has 2 amide bonds. The van der Waals surface area contributed by atoms with E-state index in [1.165, 1.54) is 11.2 Å². The number of hydrogen-bond acceptors (Lipinski definition) is 4. The van der Waals surface area contributed by atoms with Crippen LogP contribution in [0.1, 0.15) is 6.42 Å². The minimum absolute atomic E-state index is 0.233. The lowest BCUT2D eigenvalue weighted by Gasteiger charge is -2.16. The van der Waals surface area contributed by atoms with E-state index in [0.29, 0.717) is 32.7 Å². The number of urea groups is 1. The normalized spacial score (nSPS) is 19.8. The Balaban J connectivity index is 2.26. The summed E-state index contributed by atoms with van der Waals surface area (Å²) in [7, 11) is -3.06. The van der Waals surface area contributed by atoms with E-state index in [4.69, 9.17) is 4.74 Å². The maximum absolute atomic E-state index is 11.7. The Kier molecular flexibility index (Phi) is 5.61. The van der Waals surface area contributed by atoms with Crippen LogP contribution in [0.15, 0.2) is 12.7 Å². The molecule has 1 saturated heterocycles. The molecule has 1 N–H and O–H groups in total. The Morgan fingerprint density at radius 1 is 1.61 bits per heavy atom. The van der Waals surface area contributed by atoms with E-state index in [0.717, 1.165) is 0 Å². The first-order valence-corrected chi connectivity index (χ1v) is 7.81. The lowest BCUT2D eigenvalue weighted by molar-refractivity contribution is 0.159. The zero-order valence-electron chi connectivity index (χ0n) is 10.6. The van der Waals surface area contributed by atoms with Gasteiger partial charge in [0.25, 0.3) is 0 Å². The highest BCUT2D eigenvalue weighted by Crippen LogP contribution is 2.15. The van der Waals surface area contributed by atoms with Gasteiger partial charge in [0.1, 0.15) is 0 Å². The number of sulfone groups is 1. The lowest BCUT2D eigenvalue weighted by atomic mass is 10.4. The molecule has 1 heterocycles. The largest absolute Gasteiger partial charge is 0.376 e. The van der Waals surface area contributed by atoms with Crippen LogP contribution in [0.4, 0.5) is 4.79 Å². The predicted molar refractivity (Wildman–Crippen MR) is 69.2 cm³/mol. The summed E-state index contributed by atoms with van der Waals surface area (Å²) in [5, 5.41) is 2.26. The van der Waals surface area contributed by atoms with Crippen LogP contribution in [0.3, 0.4) is 0 Å². The highest BCUT2D eigenvalue weighted by molar-refractivity contribution is 7.91. The summed E-state index contributed by atoms with van der Waals surface area (Å²) in [5.41, 5.74) is 0. The average molecular weight is 276 g/mol. The fourth-order valence-corrected chi connectivity index (χ4v) is 2.76. The Bertz CT molecular complexity index is 394. The molecule has 1 rings (SSSR count). The van der Waals surface area contributed by atoms with Crippen molar-refractivity contribution in [2.75, 3.05) is 39.1 Å². The van der Waals surface area contributed by atoms with Crippen molar-refractivity contribution in [2.45, 2.75) is 11.7 Å². The van der Waals surface area contributed by atoms with Gasteiger partial charge in [-0.25, -0.2) is 13.2 Å². The predicted octanol–water partition coefficient (Wildman–Crippen LogP) is 0.0175. The van der Waals surface area contributed by atoms with E-state index in [1.54, 1.807) is 6.08 Å². The van der Waals surface area contributed by atoms with Crippen LogP contribution < -0.4 is 5.32 Å². The van der Waals surface area contributed by atoms with Crippen LogP contribution in [-0.4, -0.2) is 63.7 Å². The van der Waals surface area contributed by atoms with Gasteiger partial charge in [-0.1, -0.05) is 6.08 Å². The molecular weight excluding hydrogens is 256 g/mol.